The summed E-state index contributed by atoms with van der Waals surface area (Å²) in [6.45, 7) is 2.06. The van der Waals surface area contributed by atoms with Crippen LogP contribution in [0.2, 0.25) is 0 Å². The van der Waals surface area contributed by atoms with Gasteiger partial charge in [-0.2, -0.15) is 0 Å². The quantitative estimate of drug-likeness (QED) is 0.553. The van der Waals surface area contributed by atoms with Crippen LogP contribution in [0.25, 0.3) is 0 Å². The molecular formula is C7H14N2. The number of allylic oxidation sites excluding steroid dienone is 2. The molecule has 0 aromatic rings. The van der Waals surface area contributed by atoms with E-state index in [1.54, 1.807) is 0 Å². The van der Waals surface area contributed by atoms with E-state index in [0.717, 1.165) is 12.1 Å². The minimum absolute atomic E-state index is 0.812. The number of nitrogens with one attached hydrogen (secondary N) is 1. The highest BCUT2D eigenvalue weighted by Crippen LogP contribution is 1.87. The van der Waals surface area contributed by atoms with Crippen molar-refractivity contribution in [2.24, 2.45) is 5.73 Å². The fraction of sp³-hybridized carbons (Fsp3) is 0.429. The van der Waals surface area contributed by atoms with Crippen LogP contribution >= 0.6 is 0 Å². The van der Waals surface area contributed by atoms with Crippen molar-refractivity contribution in [1.82, 2.24) is 5.32 Å². The fourth-order valence-corrected chi connectivity index (χ4v) is 0.483. The van der Waals surface area contributed by atoms with E-state index >= 15 is 0 Å². The van der Waals surface area contributed by atoms with Crippen LogP contribution in [0.4, 0.5) is 0 Å². The number of hydrogen-bond donors (Lipinski definition) is 2. The smallest absolute Gasteiger partial charge is 0.0287 e. The van der Waals surface area contributed by atoms with Gasteiger partial charge in [-0.1, -0.05) is 13.0 Å². The molecule has 0 rings (SSSR count). The van der Waals surface area contributed by atoms with E-state index in [9.17, 15) is 0 Å². The zero-order valence-electron chi connectivity index (χ0n) is 6.02. The highest BCUT2D eigenvalue weighted by atomic mass is 14.8. The highest BCUT2D eigenvalue weighted by Gasteiger charge is 1.75. The van der Waals surface area contributed by atoms with Crippen LogP contribution in [0.1, 0.15) is 13.3 Å². The van der Waals surface area contributed by atoms with E-state index in [0.29, 0.717) is 0 Å². The third kappa shape index (κ3) is 4.94. The highest BCUT2D eigenvalue weighted by molar-refractivity contribution is 5.13. The van der Waals surface area contributed by atoms with Crippen molar-refractivity contribution in [1.29, 1.82) is 0 Å². The predicted octanol–water partition coefficient (Wildman–Crippen LogP) is 0.972. The summed E-state index contributed by atoms with van der Waals surface area (Å²) in [5.41, 5.74) is 6.32. The van der Waals surface area contributed by atoms with Crippen LogP contribution in [0.5, 0.6) is 0 Å². The standard InChI is InChI=1S/C7H14N2/c1-3-4-7(8)5-6-9-2/h4-6,9H,3,8H2,1-2H3/b6-5-,7-4+. The molecule has 0 saturated carbocycles. The predicted molar refractivity (Wildman–Crippen MR) is 40.8 cm³/mol. The third-order valence-corrected chi connectivity index (χ3v) is 0.882. The lowest BCUT2D eigenvalue weighted by Crippen LogP contribution is -1.96. The first-order valence-electron chi connectivity index (χ1n) is 3.10. The van der Waals surface area contributed by atoms with Crippen molar-refractivity contribution in [2.75, 3.05) is 7.05 Å². The Labute approximate surface area is 56.4 Å². The molecule has 0 fully saturated rings. The number of rotatable bonds is 3. The minimum atomic E-state index is 0.812. The third-order valence-electron chi connectivity index (χ3n) is 0.882. The van der Waals surface area contributed by atoms with Crippen LogP contribution in [0.3, 0.4) is 0 Å². The Balaban J connectivity index is 3.60. The molecule has 9 heavy (non-hydrogen) atoms. The molecule has 0 aromatic heterocycles. The van der Waals surface area contributed by atoms with Crippen LogP contribution in [0.15, 0.2) is 24.0 Å². The maximum absolute atomic E-state index is 5.50. The maximum Gasteiger partial charge on any atom is 0.0287 e. The maximum atomic E-state index is 5.50. The van der Waals surface area contributed by atoms with E-state index in [1.165, 1.54) is 0 Å². The van der Waals surface area contributed by atoms with E-state index in [2.05, 4.69) is 12.2 Å². The Bertz CT molecular complexity index is 114. The van der Waals surface area contributed by atoms with Gasteiger partial charge in [-0.15, -0.1) is 0 Å². The number of hydrogen-bond acceptors (Lipinski definition) is 2. The molecule has 0 amide bonds. The molecule has 52 valence electrons. The topological polar surface area (TPSA) is 38.0 Å². The molecule has 0 aliphatic heterocycles. The Morgan fingerprint density at radius 3 is 2.78 bits per heavy atom. The van der Waals surface area contributed by atoms with E-state index in [-0.39, 0.29) is 0 Å². The molecule has 0 spiro atoms. The van der Waals surface area contributed by atoms with Gasteiger partial charge in [0.1, 0.15) is 0 Å². The summed E-state index contributed by atoms with van der Waals surface area (Å²) < 4.78 is 0. The van der Waals surface area contributed by atoms with Gasteiger partial charge in [-0.05, 0) is 18.7 Å². The second-order valence-electron chi connectivity index (χ2n) is 1.73. The molecule has 0 bridgehead atoms. The molecule has 3 N–H and O–H groups in total. The van der Waals surface area contributed by atoms with Gasteiger partial charge in [0, 0.05) is 12.7 Å². The second kappa shape index (κ2) is 5.22. The second-order valence-corrected chi connectivity index (χ2v) is 1.73. The van der Waals surface area contributed by atoms with Gasteiger partial charge in [0.05, 0.1) is 0 Å². The van der Waals surface area contributed by atoms with Crippen molar-refractivity contribution in [3.63, 3.8) is 0 Å². The molecule has 2 heteroatoms. The Morgan fingerprint density at radius 2 is 2.33 bits per heavy atom. The van der Waals surface area contributed by atoms with Crippen LogP contribution in [-0.2, 0) is 0 Å². The summed E-state index contributed by atoms with van der Waals surface area (Å²) in [6.07, 6.45) is 6.60. The fourth-order valence-electron chi connectivity index (χ4n) is 0.483. The van der Waals surface area contributed by atoms with Crippen molar-refractivity contribution in [3.8, 4) is 0 Å². The Hall–Kier alpha value is -0.920. The van der Waals surface area contributed by atoms with Gasteiger partial charge in [-0.25, -0.2) is 0 Å². The monoisotopic (exact) mass is 126 g/mol. The normalized spacial score (nSPS) is 12.4. The Kier molecular flexibility index (Phi) is 4.69. The average molecular weight is 126 g/mol. The van der Waals surface area contributed by atoms with E-state index in [1.807, 2.05) is 25.4 Å². The SMILES string of the molecule is CC/C=C(N)\C=C/NC. The molecule has 0 radical (unpaired) electrons. The van der Waals surface area contributed by atoms with E-state index in [4.69, 9.17) is 5.73 Å². The molecule has 0 aromatic carbocycles. The summed E-state index contributed by atoms with van der Waals surface area (Å²) in [6, 6.07) is 0. The molecule has 2 nitrogen and oxygen atoms in total. The van der Waals surface area contributed by atoms with Gasteiger partial charge < -0.3 is 11.1 Å². The zero-order chi connectivity index (χ0) is 7.11. The molecule has 0 unspecified atom stereocenters. The Morgan fingerprint density at radius 1 is 1.67 bits per heavy atom. The van der Waals surface area contributed by atoms with Gasteiger partial charge in [0.2, 0.25) is 0 Å². The van der Waals surface area contributed by atoms with Crippen molar-refractivity contribution in [3.05, 3.63) is 24.0 Å². The summed E-state index contributed by atoms with van der Waals surface area (Å²) >= 11 is 0. The first-order valence-corrected chi connectivity index (χ1v) is 3.10. The summed E-state index contributed by atoms with van der Waals surface area (Å²) in [7, 11) is 1.84. The van der Waals surface area contributed by atoms with Gasteiger partial charge in [0.15, 0.2) is 0 Å². The first kappa shape index (κ1) is 8.08. The average Bonchev–Trinajstić information content (AvgIpc) is 1.85. The largest absolute Gasteiger partial charge is 0.399 e. The van der Waals surface area contributed by atoms with Gasteiger partial charge in [0.25, 0.3) is 0 Å². The van der Waals surface area contributed by atoms with Crippen molar-refractivity contribution in [2.45, 2.75) is 13.3 Å². The number of nitrogens with two attached hydrogens (primary N) is 1. The summed E-state index contributed by atoms with van der Waals surface area (Å²) in [5, 5.41) is 2.86. The molecule has 0 aliphatic rings. The molecule has 0 saturated heterocycles. The van der Waals surface area contributed by atoms with Crippen molar-refractivity contribution < 1.29 is 0 Å². The van der Waals surface area contributed by atoms with Gasteiger partial charge >= 0.3 is 0 Å². The minimum Gasteiger partial charge on any atom is -0.399 e. The first-order chi connectivity index (χ1) is 4.31. The molecule has 0 aliphatic carbocycles. The van der Waals surface area contributed by atoms with Gasteiger partial charge in [-0.3, -0.25) is 0 Å². The van der Waals surface area contributed by atoms with Crippen molar-refractivity contribution >= 4 is 0 Å². The zero-order valence-corrected chi connectivity index (χ0v) is 6.02. The summed E-state index contributed by atoms with van der Waals surface area (Å²) in [5.74, 6) is 0. The van der Waals surface area contributed by atoms with Crippen LogP contribution in [-0.4, -0.2) is 7.05 Å². The van der Waals surface area contributed by atoms with Crippen LogP contribution in [0, 0.1) is 0 Å². The lowest BCUT2D eigenvalue weighted by molar-refractivity contribution is 1.09. The lowest BCUT2D eigenvalue weighted by atomic mass is 10.3. The van der Waals surface area contributed by atoms with Crippen LogP contribution < -0.4 is 11.1 Å². The lowest BCUT2D eigenvalue weighted by Gasteiger charge is -1.89. The molecular weight excluding hydrogens is 112 g/mol. The van der Waals surface area contributed by atoms with E-state index < -0.39 is 0 Å². The molecule has 0 atom stereocenters. The summed E-state index contributed by atoms with van der Waals surface area (Å²) in [4.78, 5) is 0. The molecule has 0 heterocycles.